The number of nitrogens with one attached hydrogen (secondary N) is 1. The first-order valence-electron chi connectivity index (χ1n) is 23.0. The number of aromatic nitrogens is 6. The highest BCUT2D eigenvalue weighted by Gasteiger charge is 2.26. The molecule has 2 fully saturated rings. The molecular formula is C50H57Cl5N12O6. The first-order valence-corrected chi connectivity index (χ1v) is 25.0. The van der Waals surface area contributed by atoms with Crippen LogP contribution in [0.25, 0.3) is 22.8 Å². The maximum Gasteiger partial charge on any atom is 0.271 e. The van der Waals surface area contributed by atoms with Gasteiger partial charge in [0.2, 0.25) is 11.8 Å². The number of carbonyl (C=O) groups is 4. The number of methoxy groups -OCH3 is 2. The smallest absolute Gasteiger partial charge is 0.271 e. The fourth-order valence-electron chi connectivity index (χ4n) is 7.69. The van der Waals surface area contributed by atoms with Crippen LogP contribution in [-0.4, -0.2) is 174 Å². The van der Waals surface area contributed by atoms with Gasteiger partial charge in [-0.15, -0.1) is 11.6 Å². The van der Waals surface area contributed by atoms with Crippen molar-refractivity contribution in [3.63, 3.8) is 0 Å². The molecule has 2 aliphatic rings. The number of alkyl halides is 1. The summed E-state index contributed by atoms with van der Waals surface area (Å²) in [6.45, 7) is 9.21. The van der Waals surface area contributed by atoms with Gasteiger partial charge in [-0.3, -0.25) is 29.0 Å². The van der Waals surface area contributed by atoms with Crippen molar-refractivity contribution < 1.29 is 28.7 Å². The second kappa shape index (κ2) is 25.6. The van der Waals surface area contributed by atoms with E-state index in [1.807, 2.05) is 55.1 Å². The highest BCUT2D eigenvalue weighted by Crippen LogP contribution is 2.33. The molecule has 388 valence electrons. The molecule has 6 heterocycles. The average molecular weight is 1100 g/mol. The number of aryl methyl sites for hydroxylation is 1. The van der Waals surface area contributed by atoms with Gasteiger partial charge < -0.3 is 38.9 Å². The molecule has 2 aromatic carbocycles. The molecule has 0 bridgehead atoms. The molecule has 0 unspecified atom stereocenters. The quantitative estimate of drug-likeness (QED) is 0.124. The zero-order valence-corrected chi connectivity index (χ0v) is 45.5. The summed E-state index contributed by atoms with van der Waals surface area (Å²) >= 11 is 30.4. The molecule has 6 aromatic rings. The number of amides is 4. The van der Waals surface area contributed by atoms with E-state index in [9.17, 15) is 19.2 Å². The van der Waals surface area contributed by atoms with E-state index in [2.05, 4.69) is 35.1 Å². The molecule has 18 nitrogen and oxygen atoms in total. The molecule has 0 spiro atoms. The lowest BCUT2D eigenvalue weighted by atomic mass is 10.2. The lowest BCUT2D eigenvalue weighted by Crippen LogP contribution is -2.49. The Balaban J connectivity index is 0.000000197. The fourth-order valence-corrected chi connectivity index (χ4v) is 8.66. The molecule has 8 rings (SSSR count). The number of benzene rings is 2. The van der Waals surface area contributed by atoms with Crippen molar-refractivity contribution >= 4 is 93.0 Å². The molecular weight excluding hydrogens is 1040 g/mol. The molecule has 1 N–H and O–H groups in total. The van der Waals surface area contributed by atoms with E-state index < -0.39 is 0 Å². The maximum atomic E-state index is 13.1. The molecule has 2 saturated heterocycles. The van der Waals surface area contributed by atoms with Crippen LogP contribution in [-0.2, 0) is 16.1 Å². The largest absolute Gasteiger partial charge is 0.495 e. The third-order valence-corrected chi connectivity index (χ3v) is 13.7. The Kier molecular flexibility index (Phi) is 19.6. The van der Waals surface area contributed by atoms with Gasteiger partial charge in [-0.25, -0.2) is 9.97 Å². The van der Waals surface area contributed by atoms with Gasteiger partial charge in [0.05, 0.1) is 57.1 Å². The van der Waals surface area contributed by atoms with Crippen LogP contribution in [0.2, 0.25) is 20.1 Å². The Hall–Kier alpha value is -6.31. The van der Waals surface area contributed by atoms with Crippen LogP contribution >= 0.6 is 58.0 Å². The van der Waals surface area contributed by atoms with Crippen LogP contribution in [0.15, 0.2) is 72.8 Å². The van der Waals surface area contributed by atoms with Crippen molar-refractivity contribution in [1.82, 2.24) is 49.5 Å². The first kappa shape index (κ1) is 56.0. The molecule has 23 heteroatoms. The van der Waals surface area contributed by atoms with Crippen LogP contribution in [0, 0.1) is 13.8 Å². The SMILES string of the molecule is COc1cc(N2CCN(C(=O)CCl)CC2)ccc1Cl.COc1cc(N2CCN(C(=O)Cn3nc(-c4cccc(C(=O)N(C)C)n4)c(Cl)c3C)CC2)ccc1Cl.Cc1[nH]nc(-c2cccc(C(=O)N(C)C)n2)c1Cl. The van der Waals surface area contributed by atoms with E-state index >= 15 is 0 Å². The lowest BCUT2D eigenvalue weighted by Gasteiger charge is -2.36. The normalized spacial score (nSPS) is 13.3. The summed E-state index contributed by atoms with van der Waals surface area (Å²) in [6, 6.07) is 21.7. The van der Waals surface area contributed by atoms with Crippen molar-refractivity contribution in [2.75, 3.05) is 110 Å². The number of piperazine rings is 2. The number of hydrogen-bond donors (Lipinski definition) is 1. The fraction of sp³-hybridized carbons (Fsp3) is 0.360. The van der Waals surface area contributed by atoms with Gasteiger partial charge in [-0.05, 0) is 62.4 Å². The molecule has 2 aliphatic heterocycles. The van der Waals surface area contributed by atoms with Crippen LogP contribution < -0.4 is 19.3 Å². The van der Waals surface area contributed by atoms with Crippen molar-refractivity contribution in [2.24, 2.45) is 0 Å². The van der Waals surface area contributed by atoms with Gasteiger partial charge in [0.25, 0.3) is 11.8 Å². The Morgan fingerprint density at radius 1 is 0.616 bits per heavy atom. The standard InChI is InChI=1S/C25H28Cl2N6O3.C13H16Cl2N2O2.C12H13ClN4O/c1-16-23(27)24(19-6-5-7-20(28-19)25(35)30(2)3)29-33(16)15-22(34)32-12-10-31(11-13-32)17-8-9-18(26)21(14-17)36-4;1-19-12-8-10(2-3-11(12)15)16-4-6-17(7-5-16)13(18)9-14;1-7-10(13)11(16-15-7)8-5-4-6-9(14-8)12(18)17(2)3/h5-9,14H,10-13,15H2,1-4H3;2-3,8H,4-7,9H2,1H3;4-6H,1-3H3,(H,15,16). The first-order chi connectivity index (χ1) is 34.8. The Morgan fingerprint density at radius 3 is 1.48 bits per heavy atom. The summed E-state index contributed by atoms with van der Waals surface area (Å²) in [5.41, 5.74) is 6.23. The Labute approximate surface area is 449 Å². The van der Waals surface area contributed by atoms with Crippen molar-refractivity contribution in [3.05, 3.63) is 116 Å². The molecule has 0 saturated carbocycles. The molecule has 0 aliphatic carbocycles. The van der Waals surface area contributed by atoms with E-state index in [-0.39, 0.29) is 36.1 Å². The monoisotopic (exact) mass is 1100 g/mol. The zero-order valence-electron chi connectivity index (χ0n) is 41.8. The highest BCUT2D eigenvalue weighted by molar-refractivity contribution is 6.34. The summed E-state index contributed by atoms with van der Waals surface area (Å²) in [5, 5.41) is 13.5. The van der Waals surface area contributed by atoms with E-state index in [4.69, 9.17) is 67.5 Å². The molecule has 4 aromatic heterocycles. The minimum atomic E-state index is -0.213. The van der Waals surface area contributed by atoms with Gasteiger partial charge in [-0.1, -0.05) is 58.5 Å². The number of hydrogen-bond acceptors (Lipinski definition) is 12. The number of halogens is 5. The Morgan fingerprint density at radius 2 is 1.07 bits per heavy atom. The van der Waals surface area contributed by atoms with E-state index in [1.165, 1.54) is 9.80 Å². The summed E-state index contributed by atoms with van der Waals surface area (Å²) < 4.78 is 12.1. The minimum absolute atomic E-state index is 0.00463. The van der Waals surface area contributed by atoms with Crippen molar-refractivity contribution in [1.29, 1.82) is 0 Å². The molecule has 73 heavy (non-hydrogen) atoms. The molecule has 0 radical (unpaired) electrons. The zero-order chi connectivity index (χ0) is 53.1. The van der Waals surface area contributed by atoms with E-state index in [0.29, 0.717) is 111 Å². The number of aromatic amines is 1. The average Bonchev–Trinajstić information content (AvgIpc) is 3.89. The number of rotatable bonds is 11. The molecule has 0 atom stereocenters. The summed E-state index contributed by atoms with van der Waals surface area (Å²) in [7, 11) is 9.89. The van der Waals surface area contributed by atoms with Gasteiger partial charge in [-0.2, -0.15) is 10.2 Å². The summed E-state index contributed by atoms with van der Waals surface area (Å²) in [4.78, 5) is 68.4. The number of carbonyl (C=O) groups excluding carboxylic acids is 4. The van der Waals surface area contributed by atoms with Crippen LogP contribution in [0.3, 0.4) is 0 Å². The maximum absolute atomic E-state index is 13.1. The minimum Gasteiger partial charge on any atom is -0.495 e. The second-order valence-corrected chi connectivity index (χ2v) is 19.0. The van der Waals surface area contributed by atoms with Crippen LogP contribution in [0.5, 0.6) is 11.5 Å². The van der Waals surface area contributed by atoms with Gasteiger partial charge in [0.15, 0.2) is 0 Å². The number of ether oxygens (including phenoxy) is 2. The third-order valence-electron chi connectivity index (χ3n) is 11.9. The van der Waals surface area contributed by atoms with Crippen molar-refractivity contribution in [3.8, 4) is 34.3 Å². The third kappa shape index (κ3) is 13.9. The number of nitrogens with zero attached hydrogens (tertiary/aromatic N) is 11. The van der Waals surface area contributed by atoms with E-state index in [0.717, 1.165) is 30.2 Å². The van der Waals surface area contributed by atoms with Gasteiger partial charge in [0.1, 0.15) is 46.7 Å². The van der Waals surface area contributed by atoms with Gasteiger partial charge >= 0.3 is 0 Å². The summed E-state index contributed by atoms with van der Waals surface area (Å²) in [6.07, 6.45) is 0. The van der Waals surface area contributed by atoms with E-state index in [1.54, 1.807) is 88.4 Å². The summed E-state index contributed by atoms with van der Waals surface area (Å²) in [5.74, 6) is 0.931. The molecule has 4 amide bonds. The predicted octanol–water partition coefficient (Wildman–Crippen LogP) is 7.99. The highest BCUT2D eigenvalue weighted by atomic mass is 35.5. The number of pyridine rings is 2. The topological polar surface area (TPSA) is 178 Å². The predicted molar refractivity (Wildman–Crippen MR) is 287 cm³/mol. The van der Waals surface area contributed by atoms with Crippen molar-refractivity contribution in [2.45, 2.75) is 20.4 Å². The lowest BCUT2D eigenvalue weighted by molar-refractivity contribution is -0.132. The van der Waals surface area contributed by atoms with Gasteiger partial charge in [0, 0.05) is 104 Å². The van der Waals surface area contributed by atoms with Crippen LogP contribution in [0.4, 0.5) is 11.4 Å². The number of H-pyrrole nitrogens is 1. The number of anilines is 2. The Bertz CT molecular complexity index is 2920. The second-order valence-electron chi connectivity index (χ2n) is 17.1. The van der Waals surface area contributed by atoms with Crippen LogP contribution in [0.1, 0.15) is 32.4 Å².